The van der Waals surface area contributed by atoms with Crippen LogP contribution in [0.2, 0.25) is 0 Å². The maximum Gasteiger partial charge on any atom is 0.379 e. The number of carbonyl (C=O) groups excluding carboxylic acids is 2. The molecule has 0 amide bonds. The van der Waals surface area contributed by atoms with Crippen LogP contribution in [-0.2, 0) is 9.53 Å². The van der Waals surface area contributed by atoms with E-state index in [4.69, 9.17) is 4.74 Å². The third-order valence-electron chi connectivity index (χ3n) is 2.65. The lowest BCUT2D eigenvalue weighted by molar-refractivity contribution is -0.137. The first-order valence-electron chi connectivity index (χ1n) is 6.38. The predicted molar refractivity (Wildman–Crippen MR) is 85.2 cm³/mol. The molecule has 3 nitrogen and oxygen atoms in total. The van der Waals surface area contributed by atoms with E-state index >= 15 is 0 Å². The Kier molecular flexibility index (Phi) is 5.47. The van der Waals surface area contributed by atoms with Gasteiger partial charge in [0.05, 0.1) is 6.61 Å². The van der Waals surface area contributed by atoms with E-state index in [1.807, 2.05) is 36.4 Å². The van der Waals surface area contributed by atoms with E-state index in [1.165, 1.54) is 0 Å². The zero-order valence-electron chi connectivity index (χ0n) is 11.4. The maximum atomic E-state index is 11.8. The van der Waals surface area contributed by atoms with Crippen LogP contribution >= 0.6 is 24.4 Å². The van der Waals surface area contributed by atoms with Crippen LogP contribution in [0.25, 0.3) is 0 Å². The summed E-state index contributed by atoms with van der Waals surface area (Å²) in [6.45, 7) is 1.86. The highest BCUT2D eigenvalue weighted by atomic mass is 32.2. The van der Waals surface area contributed by atoms with Crippen LogP contribution in [0.15, 0.2) is 63.2 Å². The van der Waals surface area contributed by atoms with E-state index in [0.29, 0.717) is 5.56 Å². The van der Waals surface area contributed by atoms with Crippen molar-refractivity contribution >= 4 is 36.1 Å². The van der Waals surface area contributed by atoms with Crippen LogP contribution in [0.3, 0.4) is 0 Å². The first-order valence-corrected chi connectivity index (χ1v) is 7.65. The Morgan fingerprint density at radius 2 is 1.52 bits per heavy atom. The Morgan fingerprint density at radius 3 is 2.05 bits per heavy atom. The number of thiol groups is 1. The number of ether oxygens (including phenoxy) is 1. The van der Waals surface area contributed by atoms with E-state index in [9.17, 15) is 9.59 Å². The molecule has 2 aromatic rings. The Hall–Kier alpha value is -1.72. The van der Waals surface area contributed by atoms with E-state index in [2.05, 4.69) is 12.6 Å². The van der Waals surface area contributed by atoms with Gasteiger partial charge in [-0.15, -0.1) is 12.6 Å². The lowest BCUT2D eigenvalue weighted by Crippen LogP contribution is -2.17. The summed E-state index contributed by atoms with van der Waals surface area (Å²) in [7, 11) is 0. The largest absolute Gasteiger partial charge is 0.460 e. The molecule has 0 aliphatic heterocycles. The lowest BCUT2D eigenvalue weighted by atomic mass is 10.1. The molecule has 0 aliphatic carbocycles. The number of rotatable bonds is 5. The van der Waals surface area contributed by atoms with Crippen molar-refractivity contribution in [3.05, 3.63) is 54.1 Å². The highest BCUT2D eigenvalue weighted by Crippen LogP contribution is 2.28. The SMILES string of the molecule is CCOC(=O)C(=O)c1ccc(Sc2ccc(S)cc2)cc1. The van der Waals surface area contributed by atoms with Gasteiger partial charge in [-0.3, -0.25) is 4.79 Å². The van der Waals surface area contributed by atoms with Gasteiger partial charge in [0.1, 0.15) is 0 Å². The molecule has 0 aromatic heterocycles. The molecule has 0 N–H and O–H groups in total. The van der Waals surface area contributed by atoms with Crippen molar-refractivity contribution < 1.29 is 14.3 Å². The second-order valence-corrected chi connectivity index (χ2v) is 5.83. The molecular weight excluding hydrogens is 304 g/mol. The van der Waals surface area contributed by atoms with Crippen molar-refractivity contribution in [2.75, 3.05) is 6.61 Å². The van der Waals surface area contributed by atoms with Crippen LogP contribution in [0.5, 0.6) is 0 Å². The van der Waals surface area contributed by atoms with E-state index < -0.39 is 11.8 Å². The Balaban J connectivity index is 2.06. The van der Waals surface area contributed by atoms with Crippen molar-refractivity contribution in [3.63, 3.8) is 0 Å². The van der Waals surface area contributed by atoms with Gasteiger partial charge in [0.15, 0.2) is 0 Å². The normalized spacial score (nSPS) is 10.2. The number of hydrogen-bond acceptors (Lipinski definition) is 5. The van der Waals surface area contributed by atoms with Crippen molar-refractivity contribution in [1.82, 2.24) is 0 Å². The summed E-state index contributed by atoms with van der Waals surface area (Å²) in [6.07, 6.45) is 0. The fraction of sp³-hybridized carbons (Fsp3) is 0.125. The molecule has 2 aromatic carbocycles. The number of benzene rings is 2. The summed E-state index contributed by atoms with van der Waals surface area (Å²) in [5.41, 5.74) is 0.337. The second-order valence-electron chi connectivity index (χ2n) is 4.17. The van der Waals surface area contributed by atoms with Gasteiger partial charge in [-0.2, -0.15) is 0 Å². The zero-order chi connectivity index (χ0) is 15.2. The minimum Gasteiger partial charge on any atom is -0.460 e. The molecule has 0 heterocycles. The number of carbonyl (C=O) groups is 2. The minimum atomic E-state index is -0.817. The van der Waals surface area contributed by atoms with E-state index in [1.54, 1.807) is 30.8 Å². The van der Waals surface area contributed by atoms with E-state index in [0.717, 1.165) is 14.7 Å². The van der Waals surface area contributed by atoms with Gasteiger partial charge in [0.2, 0.25) is 0 Å². The number of hydrogen-bond donors (Lipinski definition) is 1. The van der Waals surface area contributed by atoms with Crippen LogP contribution in [0.4, 0.5) is 0 Å². The first kappa shape index (κ1) is 15.7. The van der Waals surface area contributed by atoms with E-state index in [-0.39, 0.29) is 6.61 Å². The highest BCUT2D eigenvalue weighted by molar-refractivity contribution is 7.99. The number of esters is 1. The van der Waals surface area contributed by atoms with Gasteiger partial charge in [0.25, 0.3) is 5.78 Å². The molecule has 0 radical (unpaired) electrons. The standard InChI is InChI=1S/C16H14O3S2/c1-2-19-16(18)15(17)11-3-7-13(8-4-11)21-14-9-5-12(20)6-10-14/h3-10,20H,2H2,1H3. The molecule has 5 heteroatoms. The third kappa shape index (κ3) is 4.37. The van der Waals surface area contributed by atoms with Crippen molar-refractivity contribution in [2.24, 2.45) is 0 Å². The summed E-state index contributed by atoms with van der Waals surface area (Å²) >= 11 is 5.81. The molecule has 0 bridgehead atoms. The quantitative estimate of drug-likeness (QED) is 0.393. The molecular formula is C16H14O3S2. The third-order valence-corrected chi connectivity index (χ3v) is 3.96. The second kappa shape index (κ2) is 7.33. The molecule has 0 unspecified atom stereocenters. The molecule has 0 aliphatic rings. The molecule has 108 valence electrons. The predicted octanol–water partition coefficient (Wildman–Crippen LogP) is 3.87. The van der Waals surface area contributed by atoms with Crippen LogP contribution < -0.4 is 0 Å². The molecule has 0 saturated carbocycles. The minimum absolute atomic E-state index is 0.194. The summed E-state index contributed by atoms with van der Waals surface area (Å²) in [4.78, 5) is 26.1. The van der Waals surface area contributed by atoms with Crippen molar-refractivity contribution in [1.29, 1.82) is 0 Å². The average Bonchev–Trinajstić information content (AvgIpc) is 2.50. The van der Waals surface area contributed by atoms with Gasteiger partial charge < -0.3 is 4.74 Å². The zero-order valence-corrected chi connectivity index (χ0v) is 13.1. The van der Waals surface area contributed by atoms with Gasteiger partial charge in [-0.05, 0) is 55.5 Å². The summed E-state index contributed by atoms with van der Waals surface area (Å²) < 4.78 is 4.69. The Bertz CT molecular complexity index is 634. The first-order chi connectivity index (χ1) is 10.1. The maximum absolute atomic E-state index is 11.8. The monoisotopic (exact) mass is 318 g/mol. The molecule has 0 saturated heterocycles. The van der Waals surface area contributed by atoms with Crippen molar-refractivity contribution in [2.45, 2.75) is 21.6 Å². The topological polar surface area (TPSA) is 43.4 Å². The molecule has 0 spiro atoms. The number of Topliss-reactive ketones (excluding diaryl/α,β-unsaturated/α-hetero) is 1. The van der Waals surface area contributed by atoms with Crippen LogP contribution in [0, 0.1) is 0 Å². The van der Waals surface area contributed by atoms with Crippen LogP contribution in [-0.4, -0.2) is 18.4 Å². The number of ketones is 1. The fourth-order valence-corrected chi connectivity index (χ4v) is 2.60. The summed E-state index contributed by atoms with van der Waals surface area (Å²) in [5, 5.41) is 0. The summed E-state index contributed by atoms with van der Waals surface area (Å²) in [5.74, 6) is -1.44. The fourth-order valence-electron chi connectivity index (χ4n) is 1.64. The Morgan fingerprint density at radius 1 is 1.00 bits per heavy atom. The summed E-state index contributed by atoms with van der Waals surface area (Å²) in [6, 6.07) is 14.7. The van der Waals surface area contributed by atoms with Crippen LogP contribution in [0.1, 0.15) is 17.3 Å². The molecule has 2 rings (SSSR count). The van der Waals surface area contributed by atoms with Gasteiger partial charge in [-0.1, -0.05) is 11.8 Å². The smallest absolute Gasteiger partial charge is 0.379 e. The van der Waals surface area contributed by atoms with Crippen molar-refractivity contribution in [3.8, 4) is 0 Å². The molecule has 0 atom stereocenters. The molecule has 21 heavy (non-hydrogen) atoms. The van der Waals surface area contributed by atoms with Gasteiger partial charge in [0, 0.05) is 20.2 Å². The van der Waals surface area contributed by atoms with Gasteiger partial charge >= 0.3 is 5.97 Å². The highest BCUT2D eigenvalue weighted by Gasteiger charge is 2.16. The Labute approximate surface area is 133 Å². The average molecular weight is 318 g/mol. The lowest BCUT2D eigenvalue weighted by Gasteiger charge is -2.04. The van der Waals surface area contributed by atoms with Gasteiger partial charge in [-0.25, -0.2) is 4.79 Å². The molecule has 0 fully saturated rings.